The third-order valence-corrected chi connectivity index (χ3v) is 3.81. The van der Waals surface area contributed by atoms with E-state index in [0.717, 1.165) is 25.0 Å². The summed E-state index contributed by atoms with van der Waals surface area (Å²) in [5.41, 5.74) is -0.0926. The number of carboxylic acid groups (broad SMARTS) is 1. The molecule has 1 saturated carbocycles. The highest BCUT2D eigenvalue weighted by molar-refractivity contribution is 5.90. The van der Waals surface area contributed by atoms with Crippen LogP contribution in [0.5, 0.6) is 5.75 Å². The number of aliphatic hydroxyl groups excluding tert-OH is 1. The number of ether oxygens (including phenoxy) is 1. The Morgan fingerprint density at radius 3 is 2.54 bits per heavy atom. The molecular formula is C15H13F4NO4. The van der Waals surface area contributed by atoms with E-state index in [-0.39, 0.29) is 22.9 Å². The molecule has 1 aliphatic heterocycles. The second kappa shape index (κ2) is 5.66. The summed E-state index contributed by atoms with van der Waals surface area (Å²) < 4.78 is 55.3. The molecule has 0 spiro atoms. The summed E-state index contributed by atoms with van der Waals surface area (Å²) >= 11 is 0. The van der Waals surface area contributed by atoms with E-state index in [9.17, 15) is 27.5 Å². The first-order valence-electron chi connectivity index (χ1n) is 7.12. The van der Waals surface area contributed by atoms with Gasteiger partial charge in [-0.05, 0) is 18.9 Å². The Bertz CT molecular complexity index is 712. The Kier molecular flexibility index (Phi) is 3.90. The summed E-state index contributed by atoms with van der Waals surface area (Å²) in [6, 6.07) is 1.84. The van der Waals surface area contributed by atoms with Crippen LogP contribution in [0.1, 0.15) is 24.5 Å². The monoisotopic (exact) mass is 347 g/mol. The van der Waals surface area contributed by atoms with Crippen LogP contribution >= 0.6 is 0 Å². The molecule has 2 aliphatic rings. The van der Waals surface area contributed by atoms with Crippen LogP contribution in [-0.4, -0.2) is 35.0 Å². The third kappa shape index (κ3) is 3.16. The number of alkyl halides is 3. The predicted molar refractivity (Wildman–Crippen MR) is 74.1 cm³/mol. The average Bonchev–Trinajstić information content (AvgIpc) is 3.29. The maximum atomic E-state index is 14.0. The van der Waals surface area contributed by atoms with Crippen molar-refractivity contribution in [3.63, 3.8) is 0 Å². The Hall–Kier alpha value is -2.29. The molecular weight excluding hydrogens is 334 g/mol. The lowest BCUT2D eigenvalue weighted by molar-refractivity contribution is -0.153. The standard InChI is InChI=1S/C15H13F4NO4/c16-10-3-8-11(4-12(10)24-6-15(17,18)19)20(7-1-2-7)5-9(13(8)21)14(22)23/h3-5,7,13,21H,1-2,6H2,(H,22,23). The first-order chi connectivity index (χ1) is 11.2. The number of hydrogen-bond acceptors (Lipinski definition) is 4. The number of rotatable bonds is 4. The molecule has 0 radical (unpaired) electrons. The molecule has 1 atom stereocenters. The molecule has 0 aromatic heterocycles. The molecule has 1 aliphatic carbocycles. The largest absolute Gasteiger partial charge is 0.481 e. The topological polar surface area (TPSA) is 70.0 Å². The molecule has 3 rings (SSSR count). The van der Waals surface area contributed by atoms with E-state index in [1.54, 1.807) is 0 Å². The number of anilines is 1. The number of carboxylic acids is 1. The van der Waals surface area contributed by atoms with Crippen molar-refractivity contribution in [3.8, 4) is 5.75 Å². The lowest BCUT2D eigenvalue weighted by atomic mass is 9.95. The van der Waals surface area contributed by atoms with Crippen LogP contribution in [0.2, 0.25) is 0 Å². The minimum Gasteiger partial charge on any atom is -0.481 e. The first kappa shape index (κ1) is 16.6. The molecule has 1 aromatic rings. The van der Waals surface area contributed by atoms with Gasteiger partial charge >= 0.3 is 12.1 Å². The Morgan fingerprint density at radius 1 is 1.33 bits per heavy atom. The number of aliphatic carboxylic acids is 1. The Morgan fingerprint density at radius 2 is 2.00 bits per heavy atom. The fourth-order valence-corrected chi connectivity index (χ4v) is 2.56. The number of carbonyl (C=O) groups is 1. The quantitative estimate of drug-likeness (QED) is 0.820. The summed E-state index contributed by atoms with van der Waals surface area (Å²) in [5.74, 6) is -3.05. The first-order valence-corrected chi connectivity index (χ1v) is 7.12. The van der Waals surface area contributed by atoms with Gasteiger partial charge in [0.15, 0.2) is 18.2 Å². The van der Waals surface area contributed by atoms with Crippen molar-refractivity contribution in [3.05, 3.63) is 35.3 Å². The zero-order valence-corrected chi connectivity index (χ0v) is 12.2. The molecule has 0 saturated heterocycles. The van der Waals surface area contributed by atoms with E-state index in [1.165, 1.54) is 11.1 Å². The second-order valence-electron chi connectivity index (χ2n) is 5.68. The van der Waals surface area contributed by atoms with Crippen molar-refractivity contribution in [2.45, 2.75) is 31.2 Å². The highest BCUT2D eigenvalue weighted by atomic mass is 19.4. The smallest absolute Gasteiger partial charge is 0.422 e. The van der Waals surface area contributed by atoms with Gasteiger partial charge in [-0.15, -0.1) is 0 Å². The van der Waals surface area contributed by atoms with Gasteiger partial charge in [-0.2, -0.15) is 13.2 Å². The molecule has 130 valence electrons. The zero-order valence-electron chi connectivity index (χ0n) is 12.2. The summed E-state index contributed by atoms with van der Waals surface area (Å²) in [7, 11) is 0. The fourth-order valence-electron chi connectivity index (χ4n) is 2.56. The van der Waals surface area contributed by atoms with Crippen LogP contribution in [-0.2, 0) is 4.79 Å². The van der Waals surface area contributed by atoms with Gasteiger partial charge in [0.25, 0.3) is 0 Å². The zero-order chi connectivity index (χ0) is 17.6. The van der Waals surface area contributed by atoms with Crippen LogP contribution in [0.3, 0.4) is 0 Å². The second-order valence-corrected chi connectivity index (χ2v) is 5.68. The van der Waals surface area contributed by atoms with E-state index in [0.29, 0.717) is 0 Å². The molecule has 0 amide bonds. The van der Waals surface area contributed by atoms with Gasteiger partial charge in [0.2, 0.25) is 0 Å². The van der Waals surface area contributed by atoms with Gasteiger partial charge in [-0.1, -0.05) is 0 Å². The minimum atomic E-state index is -4.62. The van der Waals surface area contributed by atoms with Crippen LogP contribution < -0.4 is 9.64 Å². The van der Waals surface area contributed by atoms with Crippen LogP contribution in [0.15, 0.2) is 23.9 Å². The number of benzene rings is 1. The maximum absolute atomic E-state index is 14.0. The normalized spacial score (nSPS) is 20.5. The number of hydrogen-bond donors (Lipinski definition) is 2. The summed E-state index contributed by atoms with van der Waals surface area (Å²) in [4.78, 5) is 12.8. The maximum Gasteiger partial charge on any atom is 0.422 e. The van der Waals surface area contributed by atoms with Gasteiger partial charge in [-0.25, -0.2) is 9.18 Å². The van der Waals surface area contributed by atoms with Crippen molar-refractivity contribution >= 4 is 11.7 Å². The number of aliphatic hydroxyl groups is 1. The molecule has 24 heavy (non-hydrogen) atoms. The lowest BCUT2D eigenvalue weighted by Gasteiger charge is -2.31. The van der Waals surface area contributed by atoms with E-state index < -0.39 is 36.4 Å². The van der Waals surface area contributed by atoms with Crippen LogP contribution in [0, 0.1) is 5.82 Å². The summed E-state index contributed by atoms with van der Waals surface area (Å²) in [6.07, 6.45) is -3.43. The van der Waals surface area contributed by atoms with Gasteiger partial charge in [0.05, 0.1) is 11.3 Å². The molecule has 1 heterocycles. The Labute approximate surface area is 133 Å². The van der Waals surface area contributed by atoms with Crippen molar-refractivity contribution < 1.29 is 37.3 Å². The molecule has 1 aromatic carbocycles. The van der Waals surface area contributed by atoms with Crippen molar-refractivity contribution in [2.24, 2.45) is 0 Å². The average molecular weight is 347 g/mol. The van der Waals surface area contributed by atoms with E-state index in [4.69, 9.17) is 5.11 Å². The van der Waals surface area contributed by atoms with Gasteiger partial charge < -0.3 is 19.8 Å². The molecule has 5 nitrogen and oxygen atoms in total. The van der Waals surface area contributed by atoms with E-state index in [1.807, 2.05) is 0 Å². The van der Waals surface area contributed by atoms with Gasteiger partial charge in [0.1, 0.15) is 6.10 Å². The molecule has 1 fully saturated rings. The molecule has 0 bridgehead atoms. The lowest BCUT2D eigenvalue weighted by Crippen LogP contribution is -2.29. The molecule has 9 heteroatoms. The number of halogens is 4. The van der Waals surface area contributed by atoms with Crippen LogP contribution in [0.4, 0.5) is 23.2 Å². The summed E-state index contributed by atoms with van der Waals surface area (Å²) in [6.45, 7) is -1.65. The molecule has 1 unspecified atom stereocenters. The highest BCUT2D eigenvalue weighted by Crippen LogP contribution is 2.44. The predicted octanol–water partition coefficient (Wildman–Crippen LogP) is 2.75. The SMILES string of the molecule is O=C(O)C1=CN(C2CC2)c2cc(OCC(F)(F)F)c(F)cc2C1O. The number of nitrogens with zero attached hydrogens (tertiary/aromatic N) is 1. The highest BCUT2D eigenvalue weighted by Gasteiger charge is 2.38. The third-order valence-electron chi connectivity index (χ3n) is 3.81. The van der Waals surface area contributed by atoms with Crippen molar-refractivity contribution in [1.29, 1.82) is 0 Å². The van der Waals surface area contributed by atoms with Crippen LogP contribution in [0.25, 0.3) is 0 Å². The Balaban J connectivity index is 2.00. The molecule has 2 N–H and O–H groups in total. The van der Waals surface area contributed by atoms with Gasteiger partial charge in [0, 0.05) is 23.9 Å². The van der Waals surface area contributed by atoms with Crippen molar-refractivity contribution in [1.82, 2.24) is 0 Å². The fraction of sp³-hybridized carbons (Fsp3) is 0.400. The summed E-state index contributed by atoms with van der Waals surface area (Å²) in [5, 5.41) is 19.3. The minimum absolute atomic E-state index is 0.0151. The van der Waals surface area contributed by atoms with E-state index >= 15 is 0 Å². The van der Waals surface area contributed by atoms with E-state index in [2.05, 4.69) is 4.74 Å². The van der Waals surface area contributed by atoms with Crippen molar-refractivity contribution in [2.75, 3.05) is 11.5 Å². The number of fused-ring (bicyclic) bond motifs is 1. The van der Waals surface area contributed by atoms with Gasteiger partial charge in [-0.3, -0.25) is 0 Å².